The summed E-state index contributed by atoms with van der Waals surface area (Å²) < 4.78 is 44.5. The molecular formula is C18H20F3NO4. The molecule has 1 aromatic carbocycles. The molecule has 1 amide bonds. The third-order valence-electron chi connectivity index (χ3n) is 5.30. The molecule has 3 rings (SSSR count). The van der Waals surface area contributed by atoms with E-state index in [-0.39, 0.29) is 12.5 Å². The van der Waals surface area contributed by atoms with Crippen molar-refractivity contribution in [3.63, 3.8) is 0 Å². The van der Waals surface area contributed by atoms with Gasteiger partial charge >= 0.3 is 12.1 Å². The van der Waals surface area contributed by atoms with Crippen LogP contribution in [0.5, 0.6) is 0 Å². The van der Waals surface area contributed by atoms with Gasteiger partial charge in [-0.1, -0.05) is 18.2 Å². The van der Waals surface area contributed by atoms with E-state index in [1.165, 1.54) is 6.07 Å². The average Bonchev–Trinajstić information content (AvgIpc) is 3.41. The van der Waals surface area contributed by atoms with Crippen LogP contribution in [0.15, 0.2) is 24.3 Å². The molecule has 1 aliphatic heterocycles. The molecule has 8 heteroatoms. The van der Waals surface area contributed by atoms with Crippen molar-refractivity contribution in [1.29, 1.82) is 0 Å². The first-order chi connectivity index (χ1) is 12.2. The van der Waals surface area contributed by atoms with E-state index < -0.39 is 35.0 Å². The zero-order chi connectivity index (χ0) is 18.9. The lowest BCUT2D eigenvalue weighted by molar-refractivity contribution is -0.140. The van der Waals surface area contributed by atoms with Gasteiger partial charge in [-0.25, -0.2) is 0 Å². The maximum absolute atomic E-state index is 13.1. The van der Waals surface area contributed by atoms with E-state index in [0.29, 0.717) is 38.0 Å². The fourth-order valence-electron chi connectivity index (χ4n) is 3.50. The van der Waals surface area contributed by atoms with Gasteiger partial charge in [0.15, 0.2) is 0 Å². The summed E-state index contributed by atoms with van der Waals surface area (Å²) in [6, 6.07) is 5.17. The first kappa shape index (κ1) is 18.7. The van der Waals surface area contributed by atoms with Crippen LogP contribution in [-0.4, -0.2) is 36.7 Å². The lowest BCUT2D eigenvalue weighted by Gasteiger charge is -2.38. The van der Waals surface area contributed by atoms with Gasteiger partial charge in [-0.05, 0) is 30.9 Å². The number of amides is 1. The Bertz CT molecular complexity index is 698. The summed E-state index contributed by atoms with van der Waals surface area (Å²) >= 11 is 0. The molecule has 1 saturated heterocycles. The summed E-state index contributed by atoms with van der Waals surface area (Å²) in [6.07, 6.45) is -3.15. The normalized spacial score (nSPS) is 24.7. The topological polar surface area (TPSA) is 75.6 Å². The fraction of sp³-hybridized carbons (Fsp3) is 0.556. The van der Waals surface area contributed by atoms with Crippen LogP contribution >= 0.6 is 0 Å². The monoisotopic (exact) mass is 371 g/mol. The molecular weight excluding hydrogens is 351 g/mol. The van der Waals surface area contributed by atoms with Crippen molar-refractivity contribution in [3.8, 4) is 0 Å². The molecule has 26 heavy (non-hydrogen) atoms. The zero-order valence-electron chi connectivity index (χ0n) is 14.0. The van der Waals surface area contributed by atoms with Gasteiger partial charge in [-0.15, -0.1) is 0 Å². The van der Waals surface area contributed by atoms with Gasteiger partial charge in [0.25, 0.3) is 0 Å². The minimum atomic E-state index is -4.44. The Morgan fingerprint density at radius 3 is 2.50 bits per heavy atom. The lowest BCUT2D eigenvalue weighted by atomic mass is 9.73. The SMILES string of the molecule is O=C(O)[C@H]1C[C@@H]1C(=O)NCC1(c2cccc(C(F)(F)F)c2)CCOCC1. The summed E-state index contributed by atoms with van der Waals surface area (Å²) in [6.45, 7) is 0.958. The average molecular weight is 371 g/mol. The number of ether oxygens (including phenoxy) is 1. The van der Waals surface area contributed by atoms with E-state index in [1.54, 1.807) is 6.07 Å². The van der Waals surface area contributed by atoms with E-state index >= 15 is 0 Å². The largest absolute Gasteiger partial charge is 0.481 e. The second-order valence-corrected chi connectivity index (χ2v) is 6.98. The number of alkyl halides is 3. The standard InChI is InChI=1S/C18H20F3NO4/c19-18(20,21)12-3-1-2-11(8-12)17(4-6-26-7-5-17)10-22-15(23)13-9-14(13)16(24)25/h1-3,8,13-14H,4-7,9-10H2,(H,22,23)(H,24,25)/t13-,14-/m0/s1. The molecule has 1 aliphatic carbocycles. The van der Waals surface area contributed by atoms with Crippen LogP contribution in [0.4, 0.5) is 13.2 Å². The number of carboxylic acids is 1. The van der Waals surface area contributed by atoms with Gasteiger partial charge < -0.3 is 15.2 Å². The Labute approximate surface area is 148 Å². The Balaban J connectivity index is 1.77. The van der Waals surface area contributed by atoms with E-state index in [2.05, 4.69) is 5.32 Å². The van der Waals surface area contributed by atoms with Gasteiger partial charge in [0.05, 0.1) is 17.4 Å². The van der Waals surface area contributed by atoms with E-state index in [0.717, 1.165) is 12.1 Å². The second kappa shape index (κ2) is 6.90. The van der Waals surface area contributed by atoms with Crippen molar-refractivity contribution in [3.05, 3.63) is 35.4 Å². The predicted octanol–water partition coefficient (Wildman–Crippen LogP) is 2.59. The molecule has 0 aromatic heterocycles. The molecule has 0 spiro atoms. The molecule has 2 N–H and O–H groups in total. The molecule has 142 valence electrons. The van der Waals surface area contributed by atoms with Gasteiger partial charge in [0.1, 0.15) is 0 Å². The Kier molecular flexibility index (Phi) is 4.96. The summed E-state index contributed by atoms with van der Waals surface area (Å²) in [7, 11) is 0. The number of benzene rings is 1. The maximum Gasteiger partial charge on any atom is 0.416 e. The van der Waals surface area contributed by atoms with E-state index in [1.807, 2.05) is 0 Å². The molecule has 2 atom stereocenters. The quantitative estimate of drug-likeness (QED) is 0.834. The van der Waals surface area contributed by atoms with Gasteiger partial charge in [-0.2, -0.15) is 13.2 Å². The number of aliphatic carboxylic acids is 1. The number of nitrogens with one attached hydrogen (secondary N) is 1. The number of hydrogen-bond acceptors (Lipinski definition) is 3. The zero-order valence-corrected chi connectivity index (χ0v) is 14.0. The molecule has 2 fully saturated rings. The molecule has 0 unspecified atom stereocenters. The number of carbonyl (C=O) groups is 2. The van der Waals surface area contributed by atoms with Crippen LogP contribution in [0.25, 0.3) is 0 Å². The van der Waals surface area contributed by atoms with Gasteiger partial charge in [-0.3, -0.25) is 9.59 Å². The third kappa shape index (κ3) is 3.85. The number of carbonyl (C=O) groups excluding carboxylic acids is 1. The van der Waals surface area contributed by atoms with Crippen molar-refractivity contribution in [2.45, 2.75) is 30.9 Å². The lowest BCUT2D eigenvalue weighted by Crippen LogP contribution is -2.45. The second-order valence-electron chi connectivity index (χ2n) is 6.98. The molecule has 1 saturated carbocycles. The highest BCUT2D eigenvalue weighted by Crippen LogP contribution is 2.40. The highest BCUT2D eigenvalue weighted by Gasteiger charge is 2.49. The van der Waals surface area contributed by atoms with Crippen molar-refractivity contribution in [2.75, 3.05) is 19.8 Å². The molecule has 1 heterocycles. The minimum absolute atomic E-state index is 0.166. The predicted molar refractivity (Wildman–Crippen MR) is 85.4 cm³/mol. The molecule has 0 radical (unpaired) electrons. The smallest absolute Gasteiger partial charge is 0.416 e. The summed E-state index contributed by atoms with van der Waals surface area (Å²) in [4.78, 5) is 23.1. The van der Waals surface area contributed by atoms with Crippen LogP contribution in [0.3, 0.4) is 0 Å². The van der Waals surface area contributed by atoms with Gasteiger partial charge in [0, 0.05) is 25.2 Å². The van der Waals surface area contributed by atoms with Gasteiger partial charge in [0.2, 0.25) is 5.91 Å². The third-order valence-corrected chi connectivity index (χ3v) is 5.30. The van der Waals surface area contributed by atoms with Crippen molar-refractivity contribution >= 4 is 11.9 Å². The molecule has 5 nitrogen and oxygen atoms in total. The van der Waals surface area contributed by atoms with E-state index in [4.69, 9.17) is 9.84 Å². The summed E-state index contributed by atoms with van der Waals surface area (Å²) in [5.41, 5.74) is -0.857. The highest BCUT2D eigenvalue weighted by atomic mass is 19.4. The number of rotatable bonds is 5. The molecule has 0 bridgehead atoms. The fourth-order valence-corrected chi connectivity index (χ4v) is 3.50. The molecule has 2 aliphatic rings. The van der Waals surface area contributed by atoms with Crippen molar-refractivity contribution in [2.24, 2.45) is 11.8 Å². The number of halogens is 3. The Morgan fingerprint density at radius 2 is 1.92 bits per heavy atom. The number of carboxylic acid groups (broad SMARTS) is 1. The van der Waals surface area contributed by atoms with Crippen molar-refractivity contribution in [1.82, 2.24) is 5.32 Å². The molecule has 1 aromatic rings. The first-order valence-corrected chi connectivity index (χ1v) is 8.49. The van der Waals surface area contributed by atoms with Crippen LogP contribution in [0.1, 0.15) is 30.4 Å². The van der Waals surface area contributed by atoms with Crippen molar-refractivity contribution < 1.29 is 32.6 Å². The Hall–Kier alpha value is -2.09. The van der Waals surface area contributed by atoms with Crippen LogP contribution in [0.2, 0.25) is 0 Å². The van der Waals surface area contributed by atoms with Crippen LogP contribution in [0, 0.1) is 11.8 Å². The van der Waals surface area contributed by atoms with Crippen LogP contribution < -0.4 is 5.32 Å². The highest BCUT2D eigenvalue weighted by molar-refractivity contribution is 5.89. The summed E-state index contributed by atoms with van der Waals surface area (Å²) in [5, 5.41) is 11.7. The Morgan fingerprint density at radius 1 is 1.23 bits per heavy atom. The number of hydrogen-bond donors (Lipinski definition) is 2. The van der Waals surface area contributed by atoms with Crippen LogP contribution in [-0.2, 0) is 25.9 Å². The minimum Gasteiger partial charge on any atom is -0.481 e. The maximum atomic E-state index is 13.1. The first-order valence-electron chi connectivity index (χ1n) is 8.49. The van der Waals surface area contributed by atoms with E-state index in [9.17, 15) is 22.8 Å². The summed E-state index contributed by atoms with van der Waals surface area (Å²) in [5.74, 6) is -2.56.